The van der Waals surface area contributed by atoms with E-state index in [0.29, 0.717) is 6.61 Å². The standard InChI is InChI=1S/C21H19IN4O/c22-18-10-8-16(9-11-18)14-26-15-19(24-25-26)6-3-13-27-20-7-1-4-17-5-2-12-23-21(17)20/h1-2,4-5,7-12,15H,3,6,13-14H2. The van der Waals surface area contributed by atoms with Crippen LogP contribution in [0.4, 0.5) is 0 Å². The second-order valence-electron chi connectivity index (χ2n) is 6.32. The van der Waals surface area contributed by atoms with Crippen LogP contribution < -0.4 is 4.74 Å². The molecule has 0 N–H and O–H groups in total. The summed E-state index contributed by atoms with van der Waals surface area (Å²) < 4.78 is 9.05. The smallest absolute Gasteiger partial charge is 0.145 e. The first-order valence-corrected chi connectivity index (χ1v) is 9.96. The number of aryl methyl sites for hydroxylation is 1. The molecular weight excluding hydrogens is 451 g/mol. The Labute approximate surface area is 171 Å². The normalized spacial score (nSPS) is 11.0. The van der Waals surface area contributed by atoms with E-state index in [9.17, 15) is 0 Å². The van der Waals surface area contributed by atoms with E-state index in [1.165, 1.54) is 9.13 Å². The van der Waals surface area contributed by atoms with E-state index in [1.807, 2.05) is 41.2 Å². The number of benzene rings is 2. The lowest BCUT2D eigenvalue weighted by Crippen LogP contribution is -2.01. The molecule has 2 aromatic heterocycles. The van der Waals surface area contributed by atoms with Crippen molar-refractivity contribution >= 4 is 33.5 Å². The number of hydrogen-bond donors (Lipinski definition) is 0. The third-order valence-corrected chi connectivity index (χ3v) is 4.99. The molecule has 2 heterocycles. The summed E-state index contributed by atoms with van der Waals surface area (Å²) in [5, 5.41) is 9.58. The predicted octanol–water partition coefficient (Wildman–Crippen LogP) is 4.49. The molecular formula is C21H19IN4O. The minimum atomic E-state index is 0.625. The molecule has 0 saturated carbocycles. The van der Waals surface area contributed by atoms with Crippen LogP contribution in [0.3, 0.4) is 0 Å². The summed E-state index contributed by atoms with van der Waals surface area (Å²) in [6.45, 7) is 1.36. The number of nitrogens with zero attached hydrogens (tertiary/aromatic N) is 4. The van der Waals surface area contributed by atoms with Crippen molar-refractivity contribution in [1.29, 1.82) is 0 Å². The zero-order chi connectivity index (χ0) is 18.5. The van der Waals surface area contributed by atoms with Crippen LogP contribution in [0.5, 0.6) is 5.75 Å². The van der Waals surface area contributed by atoms with Crippen LogP contribution in [-0.2, 0) is 13.0 Å². The SMILES string of the molecule is Ic1ccc(Cn2cc(CCCOc3cccc4cccnc34)nn2)cc1. The minimum absolute atomic E-state index is 0.625. The van der Waals surface area contributed by atoms with E-state index in [1.54, 1.807) is 6.20 Å². The molecule has 0 amide bonds. The molecule has 0 saturated heterocycles. The summed E-state index contributed by atoms with van der Waals surface area (Å²) in [7, 11) is 0. The quantitative estimate of drug-likeness (QED) is 0.295. The lowest BCUT2D eigenvalue weighted by Gasteiger charge is -2.07. The van der Waals surface area contributed by atoms with Crippen molar-refractivity contribution in [1.82, 2.24) is 20.0 Å². The number of hydrogen-bond acceptors (Lipinski definition) is 4. The van der Waals surface area contributed by atoms with Crippen molar-refractivity contribution in [3.8, 4) is 5.75 Å². The Bertz CT molecular complexity index is 1020. The van der Waals surface area contributed by atoms with Gasteiger partial charge in [0.15, 0.2) is 0 Å². The maximum atomic E-state index is 5.94. The summed E-state index contributed by atoms with van der Waals surface area (Å²) >= 11 is 2.31. The summed E-state index contributed by atoms with van der Waals surface area (Å²) in [4.78, 5) is 4.42. The van der Waals surface area contributed by atoms with Gasteiger partial charge in [-0.25, -0.2) is 4.68 Å². The van der Waals surface area contributed by atoms with Gasteiger partial charge in [0, 0.05) is 21.4 Å². The monoisotopic (exact) mass is 470 g/mol. The maximum absolute atomic E-state index is 5.94. The van der Waals surface area contributed by atoms with Crippen LogP contribution in [0.15, 0.2) is 67.0 Å². The summed E-state index contributed by atoms with van der Waals surface area (Å²) in [6.07, 6.45) is 5.52. The van der Waals surface area contributed by atoms with Gasteiger partial charge < -0.3 is 4.74 Å². The second kappa shape index (κ2) is 8.47. The maximum Gasteiger partial charge on any atom is 0.145 e. The molecule has 0 fully saturated rings. The van der Waals surface area contributed by atoms with Crippen LogP contribution in [0.25, 0.3) is 10.9 Å². The fourth-order valence-corrected chi connectivity index (χ4v) is 3.29. The Morgan fingerprint density at radius 3 is 2.74 bits per heavy atom. The lowest BCUT2D eigenvalue weighted by atomic mass is 10.2. The highest BCUT2D eigenvalue weighted by Gasteiger charge is 2.05. The van der Waals surface area contributed by atoms with Gasteiger partial charge in [0.05, 0.1) is 18.8 Å². The van der Waals surface area contributed by atoms with E-state index < -0.39 is 0 Å². The molecule has 5 nitrogen and oxygen atoms in total. The molecule has 0 spiro atoms. The van der Waals surface area contributed by atoms with Crippen LogP contribution in [-0.4, -0.2) is 26.6 Å². The Hall–Kier alpha value is -2.48. The minimum Gasteiger partial charge on any atom is -0.491 e. The summed E-state index contributed by atoms with van der Waals surface area (Å²) in [6, 6.07) is 18.4. The molecule has 0 bridgehead atoms. The molecule has 0 aliphatic heterocycles. The van der Waals surface area contributed by atoms with Gasteiger partial charge in [-0.1, -0.05) is 35.5 Å². The van der Waals surface area contributed by atoms with E-state index in [0.717, 1.165) is 41.7 Å². The average Bonchev–Trinajstić information content (AvgIpc) is 3.14. The van der Waals surface area contributed by atoms with Crippen LogP contribution >= 0.6 is 22.6 Å². The summed E-state index contributed by atoms with van der Waals surface area (Å²) in [5.41, 5.74) is 3.11. The van der Waals surface area contributed by atoms with E-state index in [2.05, 4.69) is 62.2 Å². The van der Waals surface area contributed by atoms with Gasteiger partial charge in [-0.2, -0.15) is 0 Å². The number of fused-ring (bicyclic) bond motifs is 1. The van der Waals surface area contributed by atoms with Gasteiger partial charge in [0.25, 0.3) is 0 Å². The molecule has 4 aromatic rings. The highest BCUT2D eigenvalue weighted by molar-refractivity contribution is 14.1. The fourth-order valence-electron chi connectivity index (χ4n) is 2.94. The zero-order valence-corrected chi connectivity index (χ0v) is 16.9. The highest BCUT2D eigenvalue weighted by Crippen LogP contribution is 2.23. The molecule has 4 rings (SSSR count). The Morgan fingerprint density at radius 2 is 1.85 bits per heavy atom. The van der Waals surface area contributed by atoms with Crippen LogP contribution in [0, 0.1) is 3.57 Å². The van der Waals surface area contributed by atoms with Gasteiger partial charge in [-0.05, 0) is 65.3 Å². The number of rotatable bonds is 7. The average molecular weight is 470 g/mol. The molecule has 0 unspecified atom stereocenters. The molecule has 136 valence electrons. The second-order valence-corrected chi connectivity index (χ2v) is 7.56. The molecule has 27 heavy (non-hydrogen) atoms. The number of ether oxygens (including phenoxy) is 1. The van der Waals surface area contributed by atoms with Crippen molar-refractivity contribution in [2.24, 2.45) is 0 Å². The summed E-state index contributed by atoms with van der Waals surface area (Å²) in [5.74, 6) is 0.829. The van der Waals surface area contributed by atoms with Gasteiger partial charge >= 0.3 is 0 Å². The van der Waals surface area contributed by atoms with Crippen molar-refractivity contribution in [2.75, 3.05) is 6.61 Å². The molecule has 2 aromatic carbocycles. The third kappa shape index (κ3) is 4.63. The van der Waals surface area contributed by atoms with E-state index in [-0.39, 0.29) is 0 Å². The third-order valence-electron chi connectivity index (χ3n) is 4.27. The predicted molar refractivity (Wildman–Crippen MR) is 114 cm³/mol. The van der Waals surface area contributed by atoms with Crippen LogP contribution in [0.1, 0.15) is 17.7 Å². The van der Waals surface area contributed by atoms with Crippen molar-refractivity contribution < 1.29 is 4.74 Å². The molecule has 0 radical (unpaired) electrons. The van der Waals surface area contributed by atoms with Gasteiger partial charge in [-0.15, -0.1) is 5.10 Å². The van der Waals surface area contributed by atoms with Crippen molar-refractivity contribution in [3.05, 3.63) is 81.8 Å². The number of pyridine rings is 1. The van der Waals surface area contributed by atoms with E-state index >= 15 is 0 Å². The number of para-hydroxylation sites is 1. The Morgan fingerprint density at radius 1 is 1.00 bits per heavy atom. The first kappa shape index (κ1) is 17.9. The topological polar surface area (TPSA) is 52.8 Å². The van der Waals surface area contributed by atoms with Crippen molar-refractivity contribution in [2.45, 2.75) is 19.4 Å². The highest BCUT2D eigenvalue weighted by atomic mass is 127. The molecule has 6 heteroatoms. The number of aromatic nitrogens is 4. The van der Waals surface area contributed by atoms with E-state index in [4.69, 9.17) is 4.74 Å². The van der Waals surface area contributed by atoms with Gasteiger partial charge in [0.2, 0.25) is 0 Å². The van der Waals surface area contributed by atoms with Gasteiger partial charge in [-0.3, -0.25) is 4.98 Å². The zero-order valence-electron chi connectivity index (χ0n) is 14.8. The van der Waals surface area contributed by atoms with Crippen LogP contribution in [0.2, 0.25) is 0 Å². The Kier molecular flexibility index (Phi) is 5.62. The molecule has 0 atom stereocenters. The number of halogens is 1. The first-order chi connectivity index (χ1) is 13.3. The van der Waals surface area contributed by atoms with Gasteiger partial charge in [0.1, 0.15) is 11.3 Å². The van der Waals surface area contributed by atoms with Crippen molar-refractivity contribution in [3.63, 3.8) is 0 Å². The lowest BCUT2D eigenvalue weighted by molar-refractivity contribution is 0.313. The molecule has 0 aliphatic carbocycles. The fraction of sp³-hybridized carbons (Fsp3) is 0.190. The Balaban J connectivity index is 1.29. The largest absolute Gasteiger partial charge is 0.491 e. The molecule has 0 aliphatic rings. The first-order valence-electron chi connectivity index (χ1n) is 8.88.